The Morgan fingerprint density at radius 2 is 2.08 bits per heavy atom. The molecule has 2 rings (SSSR count). The molecule has 3 heteroatoms. The second kappa shape index (κ2) is 3.26. The Balaban J connectivity index is 2.81. The van der Waals surface area contributed by atoms with Crippen molar-refractivity contribution in [2.24, 2.45) is 0 Å². The fourth-order valence-electron chi connectivity index (χ4n) is 1.31. The molecule has 1 heterocycles. The largest absolute Gasteiger partial charge is 0.322 e. The van der Waals surface area contributed by atoms with Gasteiger partial charge in [-0.15, -0.1) is 0 Å². The second-order valence-electron chi connectivity index (χ2n) is 2.87. The van der Waals surface area contributed by atoms with Crippen LogP contribution in [0.2, 0.25) is 0 Å². The van der Waals surface area contributed by atoms with Gasteiger partial charge >= 0.3 is 0 Å². The van der Waals surface area contributed by atoms with E-state index in [4.69, 9.17) is 0 Å². The summed E-state index contributed by atoms with van der Waals surface area (Å²) in [6.07, 6.45) is 0. The maximum atomic E-state index is 11.4. The van der Waals surface area contributed by atoms with Crippen LogP contribution in [0.5, 0.6) is 0 Å². The minimum atomic E-state index is -0.0475. The van der Waals surface area contributed by atoms with Gasteiger partial charge in [0.2, 0.25) is 0 Å². The molecule has 0 amide bonds. The van der Waals surface area contributed by atoms with Crippen LogP contribution in [0.25, 0.3) is 10.9 Å². The highest BCUT2D eigenvalue weighted by Crippen LogP contribution is 2.10. The van der Waals surface area contributed by atoms with Crippen LogP contribution >= 0.6 is 12.6 Å². The summed E-state index contributed by atoms with van der Waals surface area (Å²) >= 11 is 4.09. The molecule has 1 aromatic carbocycles. The van der Waals surface area contributed by atoms with E-state index in [2.05, 4.69) is 17.6 Å². The second-order valence-corrected chi connectivity index (χ2v) is 3.19. The highest BCUT2D eigenvalue weighted by atomic mass is 32.1. The Kier molecular flexibility index (Phi) is 2.10. The minimum Gasteiger partial charge on any atom is -0.322 e. The van der Waals surface area contributed by atoms with Gasteiger partial charge in [-0.05, 0) is 17.5 Å². The van der Waals surface area contributed by atoms with Crippen LogP contribution in [0, 0.1) is 0 Å². The number of hydrogen-bond acceptors (Lipinski definition) is 2. The van der Waals surface area contributed by atoms with Crippen molar-refractivity contribution < 1.29 is 0 Å². The topological polar surface area (TPSA) is 32.9 Å². The summed E-state index contributed by atoms with van der Waals surface area (Å²) < 4.78 is 0. The van der Waals surface area contributed by atoms with Gasteiger partial charge < -0.3 is 4.98 Å². The Bertz CT molecular complexity index is 489. The Hall–Kier alpha value is -1.22. The Morgan fingerprint density at radius 1 is 1.31 bits per heavy atom. The molecular formula is C10H9NOS. The lowest BCUT2D eigenvalue weighted by molar-refractivity contribution is 1.22. The zero-order chi connectivity index (χ0) is 9.26. The molecule has 2 aromatic rings. The summed E-state index contributed by atoms with van der Waals surface area (Å²) in [5, 5.41) is 1.05. The highest BCUT2D eigenvalue weighted by Gasteiger charge is 1.99. The zero-order valence-electron chi connectivity index (χ0n) is 6.95. The van der Waals surface area contributed by atoms with E-state index in [1.165, 1.54) is 0 Å². The normalized spacial score (nSPS) is 10.5. The molecule has 0 atom stereocenters. The number of para-hydroxylation sites is 1. The number of benzene rings is 1. The summed E-state index contributed by atoms with van der Waals surface area (Å²) in [5.74, 6) is 0.472. The molecule has 0 bridgehead atoms. The first kappa shape index (κ1) is 8.38. The third kappa shape index (κ3) is 1.47. The van der Waals surface area contributed by atoms with Gasteiger partial charge in [-0.25, -0.2) is 0 Å². The van der Waals surface area contributed by atoms with Crippen LogP contribution in [0.15, 0.2) is 35.1 Å². The van der Waals surface area contributed by atoms with Crippen molar-refractivity contribution in [3.63, 3.8) is 0 Å². The molecule has 0 aliphatic heterocycles. The van der Waals surface area contributed by atoms with Crippen molar-refractivity contribution in [1.29, 1.82) is 0 Å². The maximum absolute atomic E-state index is 11.4. The van der Waals surface area contributed by atoms with Crippen molar-refractivity contribution in [3.05, 3.63) is 46.2 Å². The number of pyridine rings is 1. The molecule has 0 aliphatic rings. The van der Waals surface area contributed by atoms with Gasteiger partial charge in [0.25, 0.3) is 5.56 Å². The predicted molar refractivity (Wildman–Crippen MR) is 57.3 cm³/mol. The van der Waals surface area contributed by atoms with Crippen LogP contribution in [-0.4, -0.2) is 4.98 Å². The fraction of sp³-hybridized carbons (Fsp3) is 0.100. The van der Waals surface area contributed by atoms with Gasteiger partial charge in [0, 0.05) is 16.8 Å². The summed E-state index contributed by atoms with van der Waals surface area (Å²) in [4.78, 5) is 14.2. The number of H-pyrrole nitrogens is 1. The lowest BCUT2D eigenvalue weighted by atomic mass is 10.2. The number of thiol groups is 1. The molecule has 0 radical (unpaired) electrons. The highest BCUT2D eigenvalue weighted by molar-refractivity contribution is 7.79. The molecule has 66 valence electrons. The van der Waals surface area contributed by atoms with Gasteiger partial charge in [0.05, 0.1) is 0 Å². The smallest absolute Gasteiger partial charge is 0.252 e. The van der Waals surface area contributed by atoms with Gasteiger partial charge in [-0.2, -0.15) is 12.6 Å². The molecule has 0 unspecified atom stereocenters. The number of nitrogens with one attached hydrogen (secondary N) is 1. The number of aromatic amines is 1. The molecule has 0 fully saturated rings. The van der Waals surface area contributed by atoms with E-state index in [1.807, 2.05) is 30.3 Å². The number of rotatable bonds is 1. The fourth-order valence-corrected chi connectivity index (χ4v) is 1.54. The van der Waals surface area contributed by atoms with Crippen LogP contribution in [-0.2, 0) is 5.75 Å². The van der Waals surface area contributed by atoms with Crippen molar-refractivity contribution in [2.45, 2.75) is 5.75 Å². The molecule has 1 aromatic heterocycles. The van der Waals surface area contributed by atoms with E-state index < -0.39 is 0 Å². The van der Waals surface area contributed by atoms with Crippen molar-refractivity contribution in [2.75, 3.05) is 0 Å². The van der Waals surface area contributed by atoms with Crippen LogP contribution in [0.4, 0.5) is 0 Å². The molecule has 13 heavy (non-hydrogen) atoms. The van der Waals surface area contributed by atoms with E-state index in [9.17, 15) is 4.79 Å². The average molecular weight is 191 g/mol. The molecule has 0 saturated heterocycles. The summed E-state index contributed by atoms with van der Waals surface area (Å²) in [6, 6.07) is 9.58. The quantitative estimate of drug-likeness (QED) is 0.664. The van der Waals surface area contributed by atoms with E-state index in [-0.39, 0.29) is 5.56 Å². The lowest BCUT2D eigenvalue weighted by Crippen LogP contribution is -2.10. The Labute approximate surface area is 81.0 Å². The number of aromatic nitrogens is 1. The van der Waals surface area contributed by atoms with Crippen molar-refractivity contribution in [1.82, 2.24) is 4.98 Å². The van der Waals surface area contributed by atoms with E-state index >= 15 is 0 Å². The van der Waals surface area contributed by atoms with Crippen LogP contribution in [0.1, 0.15) is 5.56 Å². The average Bonchev–Trinajstić information content (AvgIpc) is 2.17. The van der Waals surface area contributed by atoms with Gasteiger partial charge in [0.15, 0.2) is 0 Å². The number of fused-ring (bicyclic) bond motifs is 1. The summed E-state index contributed by atoms with van der Waals surface area (Å²) in [7, 11) is 0. The molecular weight excluding hydrogens is 182 g/mol. The molecule has 0 aliphatic carbocycles. The standard InChI is InChI=1S/C10H9NOS/c12-10-8(6-13)5-7-3-1-2-4-9(7)11-10/h1-5,13H,6H2,(H,11,12). The van der Waals surface area contributed by atoms with E-state index in [1.54, 1.807) is 0 Å². The van der Waals surface area contributed by atoms with Crippen LogP contribution < -0.4 is 5.56 Å². The zero-order valence-corrected chi connectivity index (χ0v) is 7.84. The first-order valence-electron chi connectivity index (χ1n) is 4.03. The van der Waals surface area contributed by atoms with Gasteiger partial charge in [0.1, 0.15) is 0 Å². The first-order chi connectivity index (χ1) is 6.31. The van der Waals surface area contributed by atoms with Gasteiger partial charge in [-0.1, -0.05) is 18.2 Å². The monoisotopic (exact) mass is 191 g/mol. The Morgan fingerprint density at radius 3 is 2.85 bits per heavy atom. The SMILES string of the molecule is O=c1[nH]c2ccccc2cc1CS. The molecule has 1 N–H and O–H groups in total. The van der Waals surface area contributed by atoms with Crippen molar-refractivity contribution >= 4 is 23.5 Å². The minimum absolute atomic E-state index is 0.0475. The summed E-state index contributed by atoms with van der Waals surface area (Å²) in [5.41, 5.74) is 1.54. The van der Waals surface area contributed by atoms with Gasteiger partial charge in [-0.3, -0.25) is 4.79 Å². The lowest BCUT2D eigenvalue weighted by Gasteiger charge is -1.99. The van der Waals surface area contributed by atoms with E-state index in [0.29, 0.717) is 11.3 Å². The maximum Gasteiger partial charge on any atom is 0.252 e. The predicted octanol–water partition coefficient (Wildman–Crippen LogP) is 1.96. The summed E-state index contributed by atoms with van der Waals surface area (Å²) in [6.45, 7) is 0. The molecule has 0 spiro atoms. The first-order valence-corrected chi connectivity index (χ1v) is 4.66. The third-order valence-electron chi connectivity index (χ3n) is 2.00. The number of hydrogen-bond donors (Lipinski definition) is 2. The molecule has 2 nitrogen and oxygen atoms in total. The molecule has 0 saturated carbocycles. The van der Waals surface area contributed by atoms with Crippen LogP contribution in [0.3, 0.4) is 0 Å². The van der Waals surface area contributed by atoms with E-state index in [0.717, 1.165) is 10.9 Å². The van der Waals surface area contributed by atoms with Crippen molar-refractivity contribution in [3.8, 4) is 0 Å². The third-order valence-corrected chi connectivity index (χ3v) is 2.34.